The van der Waals surface area contributed by atoms with Gasteiger partial charge in [-0.05, 0) is 61.3 Å². The lowest BCUT2D eigenvalue weighted by atomic mass is 9.81. The molecule has 3 heterocycles. The Morgan fingerprint density at radius 3 is 2.28 bits per heavy atom. The first-order valence-corrected chi connectivity index (χ1v) is 15.0. The van der Waals surface area contributed by atoms with Crippen molar-refractivity contribution in [3.05, 3.63) is 59.2 Å². The van der Waals surface area contributed by atoms with E-state index in [0.717, 1.165) is 58.3 Å². The first-order valence-electron chi connectivity index (χ1n) is 15.0. The number of hydrogen-bond acceptors (Lipinski definition) is 3. The average Bonchev–Trinajstić information content (AvgIpc) is 3.20. The number of amides is 3. The molecule has 1 saturated carbocycles. The van der Waals surface area contributed by atoms with Crippen LogP contribution in [0, 0.1) is 0 Å². The van der Waals surface area contributed by atoms with Crippen molar-refractivity contribution < 1.29 is 32.7 Å². The molecule has 1 saturated heterocycles. The average molecular weight is 597 g/mol. The van der Waals surface area contributed by atoms with E-state index in [1.807, 2.05) is 18.2 Å². The molecule has 2 fully saturated rings. The first kappa shape index (κ1) is 29.1. The largest absolute Gasteiger partial charge is 0.478 e. The fourth-order valence-corrected chi connectivity index (χ4v) is 7.19. The van der Waals surface area contributed by atoms with Crippen molar-refractivity contribution in [2.45, 2.75) is 82.1 Å². The number of likely N-dealkylation sites (tertiary alicyclic amines) is 1. The lowest BCUT2D eigenvalue weighted by Crippen LogP contribution is -2.53. The lowest BCUT2D eigenvalue weighted by Gasteiger charge is -2.33. The molecule has 3 aromatic rings. The number of alkyl halides is 3. The Labute approximate surface area is 247 Å². The third-order valence-corrected chi connectivity index (χ3v) is 9.20. The van der Waals surface area contributed by atoms with Gasteiger partial charge in [-0.1, -0.05) is 49.6 Å². The number of nitrogens with zero attached hydrogens (tertiary/aromatic N) is 2. The van der Waals surface area contributed by atoms with Crippen LogP contribution in [0.1, 0.15) is 72.3 Å². The number of carboxylic acid groups (broad SMARTS) is 1. The zero-order valence-corrected chi connectivity index (χ0v) is 23.8. The van der Waals surface area contributed by atoms with E-state index >= 15 is 0 Å². The predicted octanol–water partition coefficient (Wildman–Crippen LogP) is 5.83. The standard InChI is InChI=1S/C32H35F3N4O4/c33-32(34,35)30(42)38-14-12-22(13-15-38)36-31(43)37-23-16-20-8-4-5-9-24(20)28-27(19-6-2-1-3-7-19)25-11-10-21(29(40)41)17-26(25)39(28)18-23/h4-5,8-11,17,19,22-23H,1-3,6-7,12-16,18H2,(H,40,41)(H2,36,37,43). The highest BCUT2D eigenvalue weighted by molar-refractivity contribution is 5.98. The van der Waals surface area contributed by atoms with Crippen LogP contribution in [-0.2, 0) is 17.8 Å². The van der Waals surface area contributed by atoms with Crippen LogP contribution in [0.5, 0.6) is 0 Å². The number of carboxylic acids is 1. The molecule has 3 aliphatic rings. The Hall–Kier alpha value is -4.02. The maximum atomic E-state index is 13.2. The predicted molar refractivity (Wildman–Crippen MR) is 155 cm³/mol. The summed E-state index contributed by atoms with van der Waals surface area (Å²) in [5.41, 5.74) is 5.56. The number of halogens is 3. The highest BCUT2D eigenvalue weighted by Crippen LogP contribution is 2.46. The topological polar surface area (TPSA) is 104 Å². The number of carbonyl (C=O) groups excluding carboxylic acids is 2. The van der Waals surface area contributed by atoms with Gasteiger partial charge in [0.25, 0.3) is 0 Å². The van der Waals surface area contributed by atoms with Crippen LogP contribution in [0.2, 0.25) is 0 Å². The van der Waals surface area contributed by atoms with Crippen molar-refractivity contribution in [2.75, 3.05) is 13.1 Å². The van der Waals surface area contributed by atoms with E-state index in [2.05, 4.69) is 27.3 Å². The van der Waals surface area contributed by atoms with Crippen LogP contribution in [0.25, 0.3) is 22.2 Å². The van der Waals surface area contributed by atoms with Crippen molar-refractivity contribution >= 4 is 28.8 Å². The van der Waals surface area contributed by atoms with Crippen LogP contribution in [0.3, 0.4) is 0 Å². The van der Waals surface area contributed by atoms with Gasteiger partial charge in [-0.15, -0.1) is 0 Å². The van der Waals surface area contributed by atoms with Gasteiger partial charge in [-0.3, -0.25) is 4.79 Å². The Bertz CT molecular complexity index is 1550. The van der Waals surface area contributed by atoms with Gasteiger partial charge >= 0.3 is 24.1 Å². The zero-order chi connectivity index (χ0) is 30.3. The van der Waals surface area contributed by atoms with Gasteiger partial charge in [0.2, 0.25) is 0 Å². The van der Waals surface area contributed by atoms with E-state index in [0.29, 0.717) is 18.9 Å². The SMILES string of the molecule is O=C(NC1CCN(C(=O)C(F)(F)F)CC1)NC1Cc2ccccc2-c2c(C3CCCCC3)c3ccc(C(=O)O)cc3n2C1. The first-order chi connectivity index (χ1) is 20.6. The normalized spacial score (nSPS) is 19.8. The number of piperidine rings is 1. The molecular weight excluding hydrogens is 561 g/mol. The molecule has 6 rings (SSSR count). The van der Waals surface area contributed by atoms with Crippen molar-refractivity contribution in [3.63, 3.8) is 0 Å². The molecule has 1 aliphatic carbocycles. The Balaban J connectivity index is 1.28. The smallest absolute Gasteiger partial charge is 0.471 e. The Morgan fingerprint density at radius 1 is 0.884 bits per heavy atom. The molecule has 0 spiro atoms. The molecule has 3 amide bonds. The summed E-state index contributed by atoms with van der Waals surface area (Å²) in [6, 6.07) is 12.4. The van der Waals surface area contributed by atoms with E-state index in [9.17, 15) is 32.7 Å². The highest BCUT2D eigenvalue weighted by atomic mass is 19.4. The number of aromatic carboxylic acids is 1. The summed E-state index contributed by atoms with van der Waals surface area (Å²) in [6.45, 7) is 0.283. The quantitative estimate of drug-likeness (QED) is 0.353. The van der Waals surface area contributed by atoms with Gasteiger partial charge in [-0.25, -0.2) is 9.59 Å². The maximum Gasteiger partial charge on any atom is 0.471 e. The molecule has 1 atom stereocenters. The van der Waals surface area contributed by atoms with Crippen molar-refractivity contribution in [3.8, 4) is 11.3 Å². The van der Waals surface area contributed by atoms with Crippen molar-refractivity contribution in [2.24, 2.45) is 0 Å². The summed E-state index contributed by atoms with van der Waals surface area (Å²) in [7, 11) is 0. The van der Waals surface area contributed by atoms with Crippen LogP contribution < -0.4 is 10.6 Å². The summed E-state index contributed by atoms with van der Waals surface area (Å²) in [5.74, 6) is -2.48. The van der Waals surface area contributed by atoms with Gasteiger partial charge < -0.3 is 25.2 Å². The lowest BCUT2D eigenvalue weighted by molar-refractivity contribution is -0.186. The van der Waals surface area contributed by atoms with E-state index in [1.54, 1.807) is 12.1 Å². The molecular formula is C32H35F3N4O4. The fraction of sp³-hybridized carbons (Fsp3) is 0.469. The second-order valence-electron chi connectivity index (χ2n) is 12.0. The number of fused-ring (bicyclic) bond motifs is 5. The molecule has 8 nitrogen and oxygen atoms in total. The summed E-state index contributed by atoms with van der Waals surface area (Å²) >= 11 is 0. The molecule has 1 aromatic heterocycles. The molecule has 1 unspecified atom stereocenters. The van der Waals surface area contributed by atoms with Gasteiger partial charge in [0.15, 0.2) is 0 Å². The Morgan fingerprint density at radius 2 is 1.58 bits per heavy atom. The molecule has 228 valence electrons. The minimum absolute atomic E-state index is 0.0747. The molecule has 11 heteroatoms. The molecule has 43 heavy (non-hydrogen) atoms. The number of nitrogens with one attached hydrogen (secondary N) is 2. The third-order valence-electron chi connectivity index (χ3n) is 9.20. The Kier molecular flexibility index (Phi) is 7.83. The third kappa shape index (κ3) is 5.81. The summed E-state index contributed by atoms with van der Waals surface area (Å²) in [5, 5.41) is 16.8. The van der Waals surface area contributed by atoms with E-state index in [1.165, 1.54) is 12.0 Å². The maximum absolute atomic E-state index is 13.2. The summed E-state index contributed by atoms with van der Waals surface area (Å²) < 4.78 is 40.6. The van der Waals surface area contributed by atoms with Gasteiger partial charge in [-0.2, -0.15) is 13.2 Å². The second-order valence-corrected chi connectivity index (χ2v) is 12.0. The summed E-state index contributed by atoms with van der Waals surface area (Å²) in [4.78, 5) is 37.5. The number of urea groups is 1. The highest BCUT2D eigenvalue weighted by Gasteiger charge is 2.43. The van der Waals surface area contributed by atoms with E-state index in [4.69, 9.17) is 0 Å². The molecule has 3 N–H and O–H groups in total. The molecule has 2 aliphatic heterocycles. The second kappa shape index (κ2) is 11.6. The molecule has 0 radical (unpaired) electrons. The van der Waals surface area contributed by atoms with E-state index < -0.39 is 24.1 Å². The van der Waals surface area contributed by atoms with Crippen LogP contribution in [-0.4, -0.2) is 63.8 Å². The van der Waals surface area contributed by atoms with Gasteiger partial charge in [0.05, 0.1) is 17.3 Å². The minimum Gasteiger partial charge on any atom is -0.478 e. The van der Waals surface area contributed by atoms with Crippen LogP contribution in [0.4, 0.5) is 18.0 Å². The number of aromatic nitrogens is 1. The fourth-order valence-electron chi connectivity index (χ4n) is 7.19. The monoisotopic (exact) mass is 596 g/mol. The number of rotatable bonds is 4. The van der Waals surface area contributed by atoms with Gasteiger partial charge in [0.1, 0.15) is 0 Å². The zero-order valence-electron chi connectivity index (χ0n) is 23.8. The van der Waals surface area contributed by atoms with E-state index in [-0.39, 0.29) is 43.6 Å². The number of benzene rings is 2. The van der Waals surface area contributed by atoms with Crippen LogP contribution >= 0.6 is 0 Å². The van der Waals surface area contributed by atoms with Gasteiger partial charge in [0, 0.05) is 42.1 Å². The number of hydrogen-bond donors (Lipinski definition) is 3. The van der Waals surface area contributed by atoms with Crippen molar-refractivity contribution in [1.29, 1.82) is 0 Å². The number of carbonyl (C=O) groups is 3. The minimum atomic E-state index is -4.91. The van der Waals surface area contributed by atoms with Crippen molar-refractivity contribution in [1.82, 2.24) is 20.1 Å². The summed E-state index contributed by atoms with van der Waals surface area (Å²) in [6.07, 6.45) is 1.79. The molecule has 0 bridgehead atoms. The van der Waals surface area contributed by atoms with Crippen LogP contribution in [0.15, 0.2) is 42.5 Å². The molecule has 2 aromatic carbocycles.